The zero-order valence-corrected chi connectivity index (χ0v) is 19.0. The van der Waals surface area contributed by atoms with Gasteiger partial charge in [0.2, 0.25) is 5.91 Å². The smallest absolute Gasteiger partial charge is 0.250 e. The molecule has 1 saturated heterocycles. The number of piperidine rings is 1. The van der Waals surface area contributed by atoms with Gasteiger partial charge < -0.3 is 14.8 Å². The molecule has 7 heteroatoms. The Hall–Kier alpha value is -2.12. The van der Waals surface area contributed by atoms with E-state index in [1.165, 1.54) is 17.3 Å². The van der Waals surface area contributed by atoms with Gasteiger partial charge in [0.05, 0.1) is 5.75 Å². The Morgan fingerprint density at radius 3 is 2.67 bits per heavy atom. The van der Waals surface area contributed by atoms with Crippen LogP contribution in [0.25, 0.3) is 0 Å². The number of benzene rings is 1. The van der Waals surface area contributed by atoms with E-state index in [4.69, 9.17) is 12.2 Å². The van der Waals surface area contributed by atoms with E-state index in [0.717, 1.165) is 41.8 Å². The maximum atomic E-state index is 12.4. The van der Waals surface area contributed by atoms with Crippen molar-refractivity contribution in [3.8, 4) is 0 Å². The summed E-state index contributed by atoms with van der Waals surface area (Å²) in [5.41, 5.74) is 3.26. The average Bonchev–Trinajstić information content (AvgIpc) is 2.73. The lowest BCUT2D eigenvalue weighted by molar-refractivity contribution is -0.113. The van der Waals surface area contributed by atoms with Crippen LogP contribution in [0.5, 0.6) is 0 Å². The third-order valence-electron chi connectivity index (χ3n) is 5.93. The molecule has 0 spiro atoms. The maximum Gasteiger partial charge on any atom is 0.250 e. The Morgan fingerprint density at radius 1 is 1.17 bits per heavy atom. The summed E-state index contributed by atoms with van der Waals surface area (Å²) in [6.45, 7) is 6.71. The van der Waals surface area contributed by atoms with Crippen molar-refractivity contribution in [3.63, 3.8) is 0 Å². The number of carbonyl (C=O) groups is 1. The van der Waals surface area contributed by atoms with Crippen LogP contribution in [-0.2, 0) is 11.3 Å². The predicted molar refractivity (Wildman–Crippen MR) is 127 cm³/mol. The Bertz CT molecular complexity index is 1000. The molecule has 0 saturated carbocycles. The second kappa shape index (κ2) is 8.94. The Labute approximate surface area is 186 Å². The van der Waals surface area contributed by atoms with Gasteiger partial charge in [-0.2, -0.15) is 0 Å². The van der Waals surface area contributed by atoms with Crippen molar-refractivity contribution in [2.24, 2.45) is 5.92 Å². The van der Waals surface area contributed by atoms with Crippen molar-refractivity contribution in [2.45, 2.75) is 38.6 Å². The van der Waals surface area contributed by atoms with E-state index in [0.29, 0.717) is 23.5 Å². The zero-order chi connectivity index (χ0) is 21.3. The molecule has 0 aliphatic carbocycles. The molecule has 0 radical (unpaired) electrons. The van der Waals surface area contributed by atoms with Gasteiger partial charge in [0.25, 0.3) is 5.56 Å². The minimum atomic E-state index is -0.0475. The molecule has 158 valence electrons. The van der Waals surface area contributed by atoms with E-state index in [1.807, 2.05) is 34.9 Å². The van der Waals surface area contributed by atoms with E-state index in [2.05, 4.69) is 30.1 Å². The molecule has 5 nitrogen and oxygen atoms in total. The van der Waals surface area contributed by atoms with E-state index in [9.17, 15) is 9.59 Å². The molecule has 3 heterocycles. The standard InChI is InChI=1S/C23H27N3O2S2/c1-15(2)17-6-8-19(9-7-17)24-21(27)14-30-23(29)25-11-16-10-18(13-25)20-4-3-5-22(28)26(20)12-16/h3-9,15-16,18H,10-14H2,1-2H3,(H,24,27)/t16-,18-/m1/s1. The van der Waals surface area contributed by atoms with Gasteiger partial charge in [-0.1, -0.05) is 56.0 Å². The van der Waals surface area contributed by atoms with Crippen LogP contribution in [0.15, 0.2) is 47.3 Å². The third-order valence-corrected chi connectivity index (χ3v) is 7.45. The number of rotatable bonds is 4. The molecular weight excluding hydrogens is 414 g/mol. The van der Waals surface area contributed by atoms with Gasteiger partial charge in [-0.05, 0) is 42.0 Å². The fourth-order valence-corrected chi connectivity index (χ4v) is 5.40. The van der Waals surface area contributed by atoms with Crippen LogP contribution in [0.1, 0.15) is 43.4 Å². The summed E-state index contributed by atoms with van der Waals surface area (Å²) in [5, 5.41) is 2.95. The van der Waals surface area contributed by atoms with Crippen molar-refractivity contribution in [1.82, 2.24) is 9.47 Å². The highest BCUT2D eigenvalue weighted by Crippen LogP contribution is 2.36. The first kappa shape index (κ1) is 21.1. The minimum absolute atomic E-state index is 0.0475. The van der Waals surface area contributed by atoms with E-state index in [1.54, 1.807) is 6.07 Å². The van der Waals surface area contributed by atoms with Gasteiger partial charge in [-0.25, -0.2) is 0 Å². The Kier molecular flexibility index (Phi) is 6.29. The molecule has 1 N–H and O–H groups in total. The third kappa shape index (κ3) is 4.62. The first-order valence-electron chi connectivity index (χ1n) is 10.4. The zero-order valence-electron chi connectivity index (χ0n) is 17.3. The largest absolute Gasteiger partial charge is 0.356 e. The molecule has 1 aromatic heterocycles. The summed E-state index contributed by atoms with van der Waals surface area (Å²) in [7, 11) is 0. The van der Waals surface area contributed by atoms with Crippen LogP contribution in [-0.4, -0.2) is 38.5 Å². The highest BCUT2D eigenvalue weighted by atomic mass is 32.2. The monoisotopic (exact) mass is 441 g/mol. The minimum Gasteiger partial charge on any atom is -0.356 e. The van der Waals surface area contributed by atoms with Crippen molar-refractivity contribution in [2.75, 3.05) is 24.2 Å². The molecule has 2 aliphatic rings. The number of thioether (sulfide) groups is 1. The van der Waals surface area contributed by atoms with Crippen LogP contribution in [0.4, 0.5) is 5.69 Å². The fourth-order valence-electron chi connectivity index (χ4n) is 4.41. The number of likely N-dealkylation sites (tertiary alicyclic amines) is 1. The van der Waals surface area contributed by atoms with Gasteiger partial charge in [-0.3, -0.25) is 9.59 Å². The molecular formula is C23H27N3O2S2. The molecule has 1 amide bonds. The van der Waals surface area contributed by atoms with E-state index >= 15 is 0 Å². The molecule has 4 rings (SSSR count). The van der Waals surface area contributed by atoms with Crippen LogP contribution in [0.2, 0.25) is 0 Å². The normalized spacial score (nSPS) is 20.0. The van der Waals surface area contributed by atoms with Gasteiger partial charge in [0, 0.05) is 43.0 Å². The lowest BCUT2D eigenvalue weighted by atomic mass is 9.83. The topological polar surface area (TPSA) is 54.3 Å². The molecule has 1 fully saturated rings. The van der Waals surface area contributed by atoms with Crippen LogP contribution in [0, 0.1) is 5.92 Å². The highest BCUT2D eigenvalue weighted by molar-refractivity contribution is 8.23. The second-order valence-corrected chi connectivity index (χ2v) is 10.1. The summed E-state index contributed by atoms with van der Waals surface area (Å²) in [4.78, 5) is 26.7. The Balaban J connectivity index is 1.31. The SMILES string of the molecule is CC(C)c1ccc(NC(=O)CSC(=S)N2C[C@H]3C[C@H](C2)c2cccc(=O)n2C3)cc1. The number of aromatic nitrogens is 1. The number of nitrogens with zero attached hydrogens (tertiary/aromatic N) is 2. The fraction of sp³-hybridized carbons (Fsp3) is 0.435. The predicted octanol–water partition coefficient (Wildman–Crippen LogP) is 4.05. The number of pyridine rings is 1. The highest BCUT2D eigenvalue weighted by Gasteiger charge is 2.35. The van der Waals surface area contributed by atoms with Crippen molar-refractivity contribution < 1.29 is 4.79 Å². The first-order valence-corrected chi connectivity index (χ1v) is 11.8. The lowest BCUT2D eigenvalue weighted by Gasteiger charge is -2.43. The van der Waals surface area contributed by atoms with Crippen molar-refractivity contribution >= 4 is 39.9 Å². The number of hydrogen-bond acceptors (Lipinski definition) is 4. The second-order valence-electron chi connectivity index (χ2n) is 8.48. The molecule has 2 bridgehead atoms. The molecule has 1 aromatic carbocycles. The van der Waals surface area contributed by atoms with Crippen LogP contribution in [0.3, 0.4) is 0 Å². The Morgan fingerprint density at radius 2 is 1.93 bits per heavy atom. The van der Waals surface area contributed by atoms with Gasteiger partial charge in [-0.15, -0.1) is 0 Å². The van der Waals surface area contributed by atoms with E-state index in [-0.39, 0.29) is 11.5 Å². The first-order chi connectivity index (χ1) is 14.4. The molecule has 2 aliphatic heterocycles. The molecule has 2 atom stereocenters. The van der Waals surface area contributed by atoms with E-state index < -0.39 is 0 Å². The number of amides is 1. The number of hydrogen-bond donors (Lipinski definition) is 1. The summed E-state index contributed by atoms with van der Waals surface area (Å²) in [6, 6.07) is 13.5. The summed E-state index contributed by atoms with van der Waals surface area (Å²) in [6.07, 6.45) is 1.10. The number of carbonyl (C=O) groups excluding carboxylic acids is 1. The quantitative estimate of drug-likeness (QED) is 0.726. The average molecular weight is 442 g/mol. The molecule has 0 unspecified atom stereocenters. The summed E-state index contributed by atoms with van der Waals surface area (Å²) < 4.78 is 2.69. The number of thiocarbonyl (C=S) groups is 1. The number of anilines is 1. The summed E-state index contributed by atoms with van der Waals surface area (Å²) in [5.74, 6) is 1.46. The van der Waals surface area contributed by atoms with Gasteiger partial charge >= 0.3 is 0 Å². The van der Waals surface area contributed by atoms with Crippen molar-refractivity contribution in [3.05, 3.63) is 64.1 Å². The molecule has 30 heavy (non-hydrogen) atoms. The maximum absolute atomic E-state index is 12.4. The summed E-state index contributed by atoms with van der Waals surface area (Å²) >= 11 is 7.06. The lowest BCUT2D eigenvalue weighted by Crippen LogP contribution is -2.48. The number of fused-ring (bicyclic) bond motifs is 4. The van der Waals surface area contributed by atoms with Gasteiger partial charge in [0.1, 0.15) is 4.32 Å². The van der Waals surface area contributed by atoms with Crippen LogP contribution >= 0.6 is 24.0 Å². The van der Waals surface area contributed by atoms with Crippen LogP contribution < -0.4 is 10.9 Å². The van der Waals surface area contributed by atoms with Crippen molar-refractivity contribution in [1.29, 1.82) is 0 Å². The van der Waals surface area contributed by atoms with Gasteiger partial charge in [0.15, 0.2) is 0 Å². The number of nitrogens with one attached hydrogen (secondary N) is 1. The molecule has 2 aromatic rings.